The van der Waals surface area contributed by atoms with E-state index in [0.29, 0.717) is 31.1 Å². The van der Waals surface area contributed by atoms with E-state index < -0.39 is 5.60 Å². The first-order valence-electron chi connectivity index (χ1n) is 7.36. The third-order valence-corrected chi connectivity index (χ3v) is 4.99. The largest absolute Gasteiger partial charge is 0.389 e. The molecule has 4 nitrogen and oxygen atoms in total. The van der Waals surface area contributed by atoms with Gasteiger partial charge in [0.05, 0.1) is 24.7 Å². The van der Waals surface area contributed by atoms with E-state index in [0.717, 1.165) is 38.6 Å². The SMILES string of the molecule is C=CCOC1CC2CC1CN2C(=O)CC1(O)CCC1. The fourth-order valence-corrected chi connectivity index (χ4v) is 3.75. The van der Waals surface area contributed by atoms with Crippen molar-refractivity contribution in [3.05, 3.63) is 12.7 Å². The van der Waals surface area contributed by atoms with Crippen LogP contribution in [0.1, 0.15) is 38.5 Å². The Balaban J connectivity index is 1.52. The minimum Gasteiger partial charge on any atom is -0.389 e. The molecule has 0 aromatic carbocycles. The number of carbonyl (C=O) groups is 1. The van der Waals surface area contributed by atoms with Gasteiger partial charge >= 0.3 is 0 Å². The second kappa shape index (κ2) is 4.91. The smallest absolute Gasteiger partial charge is 0.225 e. The van der Waals surface area contributed by atoms with Crippen molar-refractivity contribution in [3.8, 4) is 0 Å². The maximum atomic E-state index is 12.3. The molecule has 106 valence electrons. The summed E-state index contributed by atoms with van der Waals surface area (Å²) in [6.45, 7) is 5.07. The van der Waals surface area contributed by atoms with Crippen molar-refractivity contribution in [2.75, 3.05) is 13.2 Å². The minimum atomic E-state index is -0.697. The molecule has 0 aromatic heterocycles. The van der Waals surface area contributed by atoms with Crippen LogP contribution in [0.15, 0.2) is 12.7 Å². The number of rotatable bonds is 5. The van der Waals surface area contributed by atoms with Crippen LogP contribution in [0.2, 0.25) is 0 Å². The number of hydrogen-bond donors (Lipinski definition) is 1. The molecule has 1 heterocycles. The zero-order valence-electron chi connectivity index (χ0n) is 11.4. The fraction of sp³-hybridized carbons (Fsp3) is 0.800. The highest BCUT2D eigenvalue weighted by molar-refractivity contribution is 5.78. The Morgan fingerprint density at radius 2 is 2.26 bits per heavy atom. The first-order valence-corrected chi connectivity index (χ1v) is 7.36. The molecule has 1 N–H and O–H groups in total. The highest BCUT2D eigenvalue weighted by atomic mass is 16.5. The second-order valence-corrected chi connectivity index (χ2v) is 6.35. The van der Waals surface area contributed by atoms with Crippen molar-refractivity contribution >= 4 is 5.91 Å². The topological polar surface area (TPSA) is 49.8 Å². The van der Waals surface area contributed by atoms with Gasteiger partial charge in [0.25, 0.3) is 0 Å². The highest BCUT2D eigenvalue weighted by Crippen LogP contribution is 2.41. The number of hydrogen-bond acceptors (Lipinski definition) is 3. The molecule has 2 bridgehead atoms. The molecule has 19 heavy (non-hydrogen) atoms. The summed E-state index contributed by atoms with van der Waals surface area (Å²) in [5.41, 5.74) is -0.697. The van der Waals surface area contributed by atoms with Crippen molar-refractivity contribution in [2.24, 2.45) is 5.92 Å². The van der Waals surface area contributed by atoms with Gasteiger partial charge in [-0.25, -0.2) is 0 Å². The molecule has 0 spiro atoms. The van der Waals surface area contributed by atoms with Gasteiger partial charge in [-0.3, -0.25) is 4.79 Å². The fourth-order valence-electron chi connectivity index (χ4n) is 3.75. The summed E-state index contributed by atoms with van der Waals surface area (Å²) in [5, 5.41) is 10.1. The molecule has 3 atom stereocenters. The summed E-state index contributed by atoms with van der Waals surface area (Å²) in [6, 6.07) is 0.330. The van der Waals surface area contributed by atoms with Crippen LogP contribution < -0.4 is 0 Å². The number of fused-ring (bicyclic) bond motifs is 2. The Morgan fingerprint density at radius 1 is 1.47 bits per heavy atom. The Hall–Kier alpha value is -0.870. The normalized spacial score (nSPS) is 35.2. The lowest BCUT2D eigenvalue weighted by atomic mass is 9.77. The molecule has 0 radical (unpaired) electrons. The van der Waals surface area contributed by atoms with E-state index in [1.165, 1.54) is 0 Å². The van der Waals surface area contributed by atoms with Crippen LogP contribution in [0, 0.1) is 5.92 Å². The summed E-state index contributed by atoms with van der Waals surface area (Å²) in [5.74, 6) is 0.613. The molecule has 1 aliphatic heterocycles. The Kier molecular flexibility index (Phi) is 3.39. The van der Waals surface area contributed by atoms with Gasteiger partial charge in [0.1, 0.15) is 0 Å². The van der Waals surface area contributed by atoms with E-state index in [1.54, 1.807) is 6.08 Å². The molecule has 0 aromatic rings. The zero-order valence-corrected chi connectivity index (χ0v) is 11.4. The molecule has 3 rings (SSSR count). The van der Waals surface area contributed by atoms with Crippen LogP contribution in [-0.2, 0) is 9.53 Å². The Labute approximate surface area is 114 Å². The summed E-state index contributed by atoms with van der Waals surface area (Å²) in [7, 11) is 0. The Morgan fingerprint density at radius 3 is 2.79 bits per heavy atom. The van der Waals surface area contributed by atoms with E-state index >= 15 is 0 Å². The zero-order chi connectivity index (χ0) is 13.5. The van der Waals surface area contributed by atoms with Crippen LogP contribution in [0.4, 0.5) is 0 Å². The highest BCUT2D eigenvalue weighted by Gasteiger charge is 2.48. The monoisotopic (exact) mass is 265 g/mol. The van der Waals surface area contributed by atoms with Gasteiger partial charge in [-0.1, -0.05) is 6.08 Å². The average Bonchev–Trinajstić information content (AvgIpc) is 2.93. The lowest BCUT2D eigenvalue weighted by molar-refractivity contribution is -0.143. The molecule has 3 unspecified atom stereocenters. The molecule has 2 saturated carbocycles. The van der Waals surface area contributed by atoms with Crippen LogP contribution in [0.3, 0.4) is 0 Å². The summed E-state index contributed by atoms with van der Waals surface area (Å²) < 4.78 is 5.74. The standard InChI is InChI=1S/C15H23NO3/c1-2-6-19-13-8-12-7-11(13)10-16(12)14(17)9-15(18)4-3-5-15/h2,11-13,18H,1,3-10H2. The lowest BCUT2D eigenvalue weighted by Gasteiger charge is -2.39. The van der Waals surface area contributed by atoms with Crippen molar-refractivity contribution in [1.29, 1.82) is 0 Å². The van der Waals surface area contributed by atoms with Gasteiger partial charge in [0.15, 0.2) is 0 Å². The maximum Gasteiger partial charge on any atom is 0.225 e. The van der Waals surface area contributed by atoms with Gasteiger partial charge in [-0.15, -0.1) is 6.58 Å². The van der Waals surface area contributed by atoms with E-state index in [4.69, 9.17) is 4.74 Å². The van der Waals surface area contributed by atoms with Crippen molar-refractivity contribution in [1.82, 2.24) is 4.90 Å². The lowest BCUT2D eigenvalue weighted by Crippen LogP contribution is -2.47. The predicted octanol–water partition coefficient (Wildman–Crippen LogP) is 1.48. The number of likely N-dealkylation sites (tertiary alicyclic amines) is 1. The van der Waals surface area contributed by atoms with Crippen LogP contribution in [0.5, 0.6) is 0 Å². The summed E-state index contributed by atoms with van der Waals surface area (Å²) >= 11 is 0. The van der Waals surface area contributed by atoms with Gasteiger partial charge in [0.2, 0.25) is 5.91 Å². The molecule has 1 amide bonds. The van der Waals surface area contributed by atoms with E-state index in [9.17, 15) is 9.90 Å². The molecular formula is C15H23NO3. The van der Waals surface area contributed by atoms with Crippen molar-refractivity contribution in [2.45, 2.75) is 56.3 Å². The summed E-state index contributed by atoms with van der Waals surface area (Å²) in [6.07, 6.45) is 7.01. The average molecular weight is 265 g/mol. The molecule has 4 heteroatoms. The minimum absolute atomic E-state index is 0.136. The quantitative estimate of drug-likeness (QED) is 0.766. The Bertz CT molecular complexity index is 378. The van der Waals surface area contributed by atoms with Crippen LogP contribution in [-0.4, -0.2) is 46.8 Å². The van der Waals surface area contributed by atoms with Gasteiger partial charge in [-0.05, 0) is 32.1 Å². The molecule has 1 saturated heterocycles. The number of carbonyl (C=O) groups excluding carboxylic acids is 1. The van der Waals surface area contributed by atoms with Crippen LogP contribution in [0.25, 0.3) is 0 Å². The first-order chi connectivity index (χ1) is 9.11. The molecule has 2 aliphatic carbocycles. The van der Waals surface area contributed by atoms with E-state index in [1.807, 2.05) is 4.90 Å². The number of piperidine rings is 1. The van der Waals surface area contributed by atoms with E-state index in [-0.39, 0.29) is 5.91 Å². The number of aliphatic hydroxyl groups is 1. The third-order valence-electron chi connectivity index (χ3n) is 4.99. The van der Waals surface area contributed by atoms with Gasteiger partial charge < -0.3 is 14.7 Å². The summed E-state index contributed by atoms with van der Waals surface area (Å²) in [4.78, 5) is 14.3. The number of amides is 1. The maximum absolute atomic E-state index is 12.3. The predicted molar refractivity (Wildman–Crippen MR) is 71.6 cm³/mol. The first kappa shape index (κ1) is 13.1. The second-order valence-electron chi connectivity index (χ2n) is 6.35. The van der Waals surface area contributed by atoms with Crippen LogP contribution >= 0.6 is 0 Å². The van der Waals surface area contributed by atoms with Gasteiger partial charge in [0, 0.05) is 18.5 Å². The number of ether oxygens (including phenoxy) is 1. The number of nitrogens with zero attached hydrogens (tertiary/aromatic N) is 1. The van der Waals surface area contributed by atoms with E-state index in [2.05, 4.69) is 6.58 Å². The molecule has 3 fully saturated rings. The van der Waals surface area contributed by atoms with Crippen molar-refractivity contribution < 1.29 is 14.6 Å². The molecular weight excluding hydrogens is 242 g/mol. The van der Waals surface area contributed by atoms with Crippen molar-refractivity contribution in [3.63, 3.8) is 0 Å². The van der Waals surface area contributed by atoms with Gasteiger partial charge in [-0.2, -0.15) is 0 Å². The molecule has 3 aliphatic rings. The third kappa shape index (κ3) is 2.43.